The molecule has 2 aromatic carbocycles. The van der Waals surface area contributed by atoms with E-state index < -0.39 is 5.91 Å². The summed E-state index contributed by atoms with van der Waals surface area (Å²) in [6.45, 7) is 0. The summed E-state index contributed by atoms with van der Waals surface area (Å²) in [6, 6.07) is 18.6. The van der Waals surface area contributed by atoms with Gasteiger partial charge < -0.3 is 0 Å². The van der Waals surface area contributed by atoms with Gasteiger partial charge in [0.1, 0.15) is 5.69 Å². The summed E-state index contributed by atoms with van der Waals surface area (Å²) < 4.78 is 1.96. The molecule has 3 aromatic heterocycles. The predicted molar refractivity (Wildman–Crippen MR) is 151 cm³/mol. The number of carbonyl (C=O) groups excluding carboxylic acids is 2. The zero-order valence-electron chi connectivity index (χ0n) is 18.2. The van der Waals surface area contributed by atoms with Crippen LogP contribution in [-0.2, 0) is 0 Å². The Bertz CT molecular complexity index is 1420. The second-order valence-electron chi connectivity index (χ2n) is 7.43. The maximum atomic E-state index is 12.6. The molecule has 0 aliphatic rings. The van der Waals surface area contributed by atoms with Gasteiger partial charge in [0.05, 0.1) is 17.0 Å². The SMILES string of the molecule is O=C(Nc1nc(-c2ccc(Br)cc2)cs1)c1ccc(C(=O)Nc2nc(-c3ccc(Br)cc3)cs2)nc1. The smallest absolute Gasteiger partial charge is 0.276 e. The molecule has 7 nitrogen and oxygen atoms in total. The lowest BCUT2D eigenvalue weighted by Gasteiger charge is -2.04. The van der Waals surface area contributed by atoms with Crippen LogP contribution < -0.4 is 10.6 Å². The molecule has 36 heavy (non-hydrogen) atoms. The van der Waals surface area contributed by atoms with Gasteiger partial charge in [-0.25, -0.2) is 9.97 Å². The van der Waals surface area contributed by atoms with Gasteiger partial charge in [-0.05, 0) is 36.4 Å². The van der Waals surface area contributed by atoms with Crippen molar-refractivity contribution in [2.45, 2.75) is 0 Å². The van der Waals surface area contributed by atoms with Crippen molar-refractivity contribution < 1.29 is 9.59 Å². The average Bonchev–Trinajstić information content (AvgIpc) is 3.55. The van der Waals surface area contributed by atoms with Crippen molar-refractivity contribution >= 4 is 76.6 Å². The van der Waals surface area contributed by atoms with E-state index in [1.54, 1.807) is 6.07 Å². The van der Waals surface area contributed by atoms with E-state index >= 15 is 0 Å². The fourth-order valence-electron chi connectivity index (χ4n) is 3.16. The molecule has 11 heteroatoms. The molecule has 0 aliphatic heterocycles. The quantitative estimate of drug-likeness (QED) is 0.202. The molecule has 3 heterocycles. The first-order valence-corrected chi connectivity index (χ1v) is 13.8. The minimum Gasteiger partial charge on any atom is -0.298 e. The molecule has 0 saturated carbocycles. The molecule has 0 atom stereocenters. The van der Waals surface area contributed by atoms with Crippen molar-refractivity contribution in [3.05, 3.63) is 97.8 Å². The van der Waals surface area contributed by atoms with Gasteiger partial charge in [0.15, 0.2) is 10.3 Å². The van der Waals surface area contributed by atoms with Crippen LogP contribution in [0.1, 0.15) is 20.8 Å². The first-order chi connectivity index (χ1) is 17.4. The van der Waals surface area contributed by atoms with Crippen LogP contribution in [0.4, 0.5) is 10.3 Å². The Morgan fingerprint density at radius 2 is 1.17 bits per heavy atom. The molecule has 0 radical (unpaired) electrons. The van der Waals surface area contributed by atoms with E-state index in [2.05, 4.69) is 57.4 Å². The zero-order chi connectivity index (χ0) is 25.1. The van der Waals surface area contributed by atoms with Crippen molar-refractivity contribution in [1.29, 1.82) is 0 Å². The number of thiazole rings is 2. The normalized spacial score (nSPS) is 10.7. The third kappa shape index (κ3) is 5.76. The number of nitrogens with one attached hydrogen (secondary N) is 2. The third-order valence-corrected chi connectivity index (χ3v) is 7.56. The molecular weight excluding hydrogens is 626 g/mol. The molecule has 2 N–H and O–H groups in total. The molecule has 0 unspecified atom stereocenters. The summed E-state index contributed by atoms with van der Waals surface area (Å²) in [5.41, 5.74) is 3.95. The topological polar surface area (TPSA) is 96.9 Å². The summed E-state index contributed by atoms with van der Waals surface area (Å²) in [5, 5.41) is 10.2. The second-order valence-corrected chi connectivity index (χ2v) is 11.0. The second kappa shape index (κ2) is 10.8. The lowest BCUT2D eigenvalue weighted by molar-refractivity contribution is 0.101. The Labute approximate surface area is 230 Å². The minimum atomic E-state index is -0.405. The lowest BCUT2D eigenvalue weighted by atomic mass is 10.2. The monoisotopic (exact) mass is 639 g/mol. The number of nitrogens with zero attached hydrogens (tertiary/aromatic N) is 3. The molecular formula is C25H15Br2N5O2S2. The molecule has 0 aliphatic carbocycles. The first-order valence-electron chi connectivity index (χ1n) is 10.5. The summed E-state index contributed by atoms with van der Waals surface area (Å²) in [6.07, 6.45) is 1.36. The van der Waals surface area contributed by atoms with E-state index in [9.17, 15) is 9.59 Å². The number of pyridine rings is 1. The number of hydrogen-bond acceptors (Lipinski definition) is 7. The lowest BCUT2D eigenvalue weighted by Crippen LogP contribution is -2.16. The van der Waals surface area contributed by atoms with Crippen molar-refractivity contribution in [1.82, 2.24) is 15.0 Å². The van der Waals surface area contributed by atoms with Crippen molar-refractivity contribution in [3.63, 3.8) is 0 Å². The van der Waals surface area contributed by atoms with Gasteiger partial charge in [-0.1, -0.05) is 56.1 Å². The predicted octanol–water partition coefficient (Wildman–Crippen LogP) is 7.36. The fourth-order valence-corrected chi connectivity index (χ4v) is 5.12. The maximum absolute atomic E-state index is 12.6. The minimum absolute atomic E-state index is 0.179. The summed E-state index contributed by atoms with van der Waals surface area (Å²) in [5.74, 6) is -0.761. The van der Waals surface area contributed by atoms with Gasteiger partial charge in [-0.3, -0.25) is 25.2 Å². The van der Waals surface area contributed by atoms with Gasteiger partial charge >= 0.3 is 0 Å². The number of carbonyl (C=O) groups is 2. The number of anilines is 2. The first kappa shape index (κ1) is 24.4. The zero-order valence-corrected chi connectivity index (χ0v) is 23.0. The fraction of sp³-hybridized carbons (Fsp3) is 0. The van der Waals surface area contributed by atoms with E-state index in [1.165, 1.54) is 34.9 Å². The van der Waals surface area contributed by atoms with Crippen LogP contribution in [0.15, 0.2) is 86.6 Å². The van der Waals surface area contributed by atoms with Crippen molar-refractivity contribution in [3.8, 4) is 22.5 Å². The van der Waals surface area contributed by atoms with Crippen molar-refractivity contribution in [2.24, 2.45) is 0 Å². The highest BCUT2D eigenvalue weighted by Crippen LogP contribution is 2.27. The number of hydrogen-bond donors (Lipinski definition) is 2. The van der Waals surface area contributed by atoms with E-state index in [0.717, 1.165) is 31.5 Å². The molecule has 0 bridgehead atoms. The molecule has 5 aromatic rings. The maximum Gasteiger partial charge on any atom is 0.276 e. The summed E-state index contributed by atoms with van der Waals surface area (Å²) >= 11 is 9.49. The average molecular weight is 641 g/mol. The van der Waals surface area contributed by atoms with E-state index in [0.29, 0.717) is 15.8 Å². The molecule has 178 valence electrons. The molecule has 0 spiro atoms. The number of halogens is 2. The van der Waals surface area contributed by atoms with Crippen LogP contribution in [0.25, 0.3) is 22.5 Å². The van der Waals surface area contributed by atoms with Crippen molar-refractivity contribution in [2.75, 3.05) is 10.6 Å². The highest BCUT2D eigenvalue weighted by atomic mass is 79.9. The highest BCUT2D eigenvalue weighted by molar-refractivity contribution is 9.10. The molecule has 0 saturated heterocycles. The van der Waals surface area contributed by atoms with E-state index in [4.69, 9.17) is 0 Å². The number of rotatable bonds is 6. The molecule has 5 rings (SSSR count). The van der Waals surface area contributed by atoms with E-state index in [1.807, 2.05) is 59.3 Å². The molecule has 0 fully saturated rings. The number of aromatic nitrogens is 3. The summed E-state index contributed by atoms with van der Waals surface area (Å²) in [7, 11) is 0. The van der Waals surface area contributed by atoms with Crippen LogP contribution in [0.2, 0.25) is 0 Å². The van der Waals surface area contributed by atoms with Crippen LogP contribution in [0.5, 0.6) is 0 Å². The van der Waals surface area contributed by atoms with Gasteiger partial charge in [0, 0.05) is 37.0 Å². The van der Waals surface area contributed by atoms with Gasteiger partial charge in [0.2, 0.25) is 0 Å². The van der Waals surface area contributed by atoms with Crippen LogP contribution >= 0.6 is 54.5 Å². The summed E-state index contributed by atoms with van der Waals surface area (Å²) in [4.78, 5) is 38.3. The Morgan fingerprint density at radius 3 is 1.64 bits per heavy atom. The van der Waals surface area contributed by atoms with Gasteiger partial charge in [0.25, 0.3) is 11.8 Å². The van der Waals surface area contributed by atoms with Gasteiger partial charge in [-0.2, -0.15) is 0 Å². The van der Waals surface area contributed by atoms with Gasteiger partial charge in [-0.15, -0.1) is 22.7 Å². The molecule has 2 amide bonds. The van der Waals surface area contributed by atoms with Crippen LogP contribution in [0.3, 0.4) is 0 Å². The largest absolute Gasteiger partial charge is 0.298 e. The standard InChI is InChI=1S/C25H15Br2N5O2S2/c26-17-6-1-14(2-7-17)20-12-35-24(29-20)31-22(33)16-5-10-19(28-11-16)23(34)32-25-30-21(13-36-25)15-3-8-18(27)9-4-15/h1-13H,(H,29,31,33)(H,30,32,34). The van der Waals surface area contributed by atoms with E-state index in [-0.39, 0.29) is 11.6 Å². The number of benzene rings is 2. The van der Waals surface area contributed by atoms with Crippen LogP contribution in [0, 0.1) is 0 Å². The Kier molecular flexibility index (Phi) is 7.33. The van der Waals surface area contributed by atoms with Crippen LogP contribution in [-0.4, -0.2) is 26.8 Å². The Hall–Kier alpha value is -3.25. The highest BCUT2D eigenvalue weighted by Gasteiger charge is 2.14. The Morgan fingerprint density at radius 1 is 0.667 bits per heavy atom. The Balaban J connectivity index is 1.20. The number of amides is 2. The third-order valence-electron chi connectivity index (χ3n) is 4.99.